The molecule has 3 amide bonds. The van der Waals surface area contributed by atoms with E-state index in [1.807, 2.05) is 6.92 Å². The molecule has 7 nitrogen and oxygen atoms in total. The fourth-order valence-corrected chi connectivity index (χ4v) is 1.86. The number of aliphatic imine (C=N–C) groups is 1. The van der Waals surface area contributed by atoms with Gasteiger partial charge < -0.3 is 16.0 Å². The molecule has 0 aromatic rings. The van der Waals surface area contributed by atoms with Crippen LogP contribution in [0.1, 0.15) is 33.1 Å². The highest BCUT2D eigenvalue weighted by Gasteiger charge is 2.27. The minimum atomic E-state index is -0.318. The zero-order chi connectivity index (χ0) is 14.8. The summed E-state index contributed by atoms with van der Waals surface area (Å²) in [4.78, 5) is 28.4. The molecule has 20 heavy (non-hydrogen) atoms. The molecule has 7 heteroatoms. The predicted molar refractivity (Wildman–Crippen MR) is 78.6 cm³/mol. The summed E-state index contributed by atoms with van der Waals surface area (Å²) in [6.45, 7) is 6.67. The number of nitrogens with zero attached hydrogens (tertiary/aromatic N) is 2. The van der Waals surface area contributed by atoms with Crippen molar-refractivity contribution >= 4 is 17.9 Å². The van der Waals surface area contributed by atoms with Crippen molar-refractivity contribution in [3.8, 4) is 0 Å². The third kappa shape index (κ3) is 5.46. The number of amides is 3. The molecule has 0 aliphatic carbocycles. The number of nitrogens with one attached hydrogen (secondary N) is 3. The maximum atomic E-state index is 11.4. The van der Waals surface area contributed by atoms with Gasteiger partial charge in [0.2, 0.25) is 5.91 Å². The van der Waals surface area contributed by atoms with E-state index in [4.69, 9.17) is 0 Å². The van der Waals surface area contributed by atoms with Gasteiger partial charge in [0.1, 0.15) is 0 Å². The van der Waals surface area contributed by atoms with Crippen LogP contribution in [0.4, 0.5) is 4.79 Å². The second-order valence-electron chi connectivity index (χ2n) is 4.60. The minimum Gasteiger partial charge on any atom is -0.357 e. The lowest BCUT2D eigenvalue weighted by Crippen LogP contribution is -2.43. The van der Waals surface area contributed by atoms with Crippen molar-refractivity contribution in [2.24, 2.45) is 4.99 Å². The number of imide groups is 1. The SMILES string of the molecule is CCCCCN=C(NCC)NCCN1C(=O)CNC1=O. The van der Waals surface area contributed by atoms with Gasteiger partial charge in [0, 0.05) is 26.2 Å². The fourth-order valence-electron chi connectivity index (χ4n) is 1.86. The van der Waals surface area contributed by atoms with Gasteiger partial charge in [0.25, 0.3) is 0 Å². The topological polar surface area (TPSA) is 85.8 Å². The van der Waals surface area contributed by atoms with E-state index in [1.54, 1.807) is 0 Å². The van der Waals surface area contributed by atoms with Gasteiger partial charge in [-0.25, -0.2) is 4.79 Å². The molecule has 0 aromatic heterocycles. The Bertz CT molecular complexity index is 341. The van der Waals surface area contributed by atoms with Crippen LogP contribution in [-0.4, -0.2) is 55.5 Å². The molecule has 0 radical (unpaired) electrons. The summed E-state index contributed by atoms with van der Waals surface area (Å²) in [7, 11) is 0. The third-order valence-corrected chi connectivity index (χ3v) is 2.94. The largest absolute Gasteiger partial charge is 0.357 e. The first-order valence-electron chi connectivity index (χ1n) is 7.29. The maximum Gasteiger partial charge on any atom is 0.324 e. The van der Waals surface area contributed by atoms with Crippen molar-refractivity contribution in [2.75, 3.05) is 32.7 Å². The lowest BCUT2D eigenvalue weighted by molar-refractivity contribution is -0.124. The Morgan fingerprint density at radius 2 is 2.10 bits per heavy atom. The average Bonchev–Trinajstić information content (AvgIpc) is 2.75. The molecular weight excluding hydrogens is 258 g/mol. The summed E-state index contributed by atoms with van der Waals surface area (Å²) in [6, 6.07) is -0.318. The molecule has 3 N–H and O–H groups in total. The number of urea groups is 1. The highest BCUT2D eigenvalue weighted by atomic mass is 16.2. The van der Waals surface area contributed by atoms with E-state index >= 15 is 0 Å². The highest BCUT2D eigenvalue weighted by molar-refractivity contribution is 6.01. The first-order valence-corrected chi connectivity index (χ1v) is 7.29. The molecule has 1 aliphatic rings. The molecule has 0 saturated carbocycles. The van der Waals surface area contributed by atoms with Crippen LogP contribution in [0.5, 0.6) is 0 Å². The normalized spacial score (nSPS) is 15.5. The van der Waals surface area contributed by atoms with Crippen LogP contribution in [-0.2, 0) is 4.79 Å². The van der Waals surface area contributed by atoms with Gasteiger partial charge in [0.05, 0.1) is 6.54 Å². The standard InChI is InChI=1S/C13H25N5O2/c1-3-5-6-7-15-12(14-4-2)16-8-9-18-11(19)10-17-13(18)20/h3-10H2,1-2H3,(H,17,20)(H2,14,15,16). The highest BCUT2D eigenvalue weighted by Crippen LogP contribution is 1.97. The van der Waals surface area contributed by atoms with Crippen molar-refractivity contribution in [2.45, 2.75) is 33.1 Å². The summed E-state index contributed by atoms with van der Waals surface area (Å²) in [5.74, 6) is 0.553. The summed E-state index contributed by atoms with van der Waals surface area (Å²) in [6.07, 6.45) is 3.41. The summed E-state index contributed by atoms with van der Waals surface area (Å²) in [5.41, 5.74) is 0. The molecule has 1 rings (SSSR count). The first-order chi connectivity index (χ1) is 9.69. The molecule has 1 fully saturated rings. The molecule has 114 valence electrons. The number of hydrogen-bond acceptors (Lipinski definition) is 3. The van der Waals surface area contributed by atoms with Crippen LogP contribution in [0.2, 0.25) is 0 Å². The van der Waals surface area contributed by atoms with Crippen LogP contribution in [0.3, 0.4) is 0 Å². The van der Waals surface area contributed by atoms with Gasteiger partial charge in [-0.3, -0.25) is 14.7 Å². The van der Waals surface area contributed by atoms with E-state index in [0.29, 0.717) is 13.1 Å². The van der Waals surface area contributed by atoms with Crippen molar-refractivity contribution in [3.63, 3.8) is 0 Å². The van der Waals surface area contributed by atoms with Crippen molar-refractivity contribution < 1.29 is 9.59 Å². The molecule has 0 aromatic carbocycles. The number of unbranched alkanes of at least 4 members (excludes halogenated alkanes) is 2. The van der Waals surface area contributed by atoms with E-state index < -0.39 is 0 Å². The van der Waals surface area contributed by atoms with Crippen LogP contribution in [0.15, 0.2) is 4.99 Å². The quantitative estimate of drug-likeness (QED) is 0.258. The van der Waals surface area contributed by atoms with Gasteiger partial charge in [-0.15, -0.1) is 0 Å². The number of hydrogen-bond donors (Lipinski definition) is 3. The van der Waals surface area contributed by atoms with Gasteiger partial charge in [-0.05, 0) is 13.3 Å². The van der Waals surface area contributed by atoms with Gasteiger partial charge in [0.15, 0.2) is 5.96 Å². The Kier molecular flexibility index (Phi) is 7.46. The molecule has 1 aliphatic heterocycles. The van der Waals surface area contributed by atoms with Gasteiger partial charge >= 0.3 is 6.03 Å². The Balaban J connectivity index is 2.31. The fraction of sp³-hybridized carbons (Fsp3) is 0.769. The first kappa shape index (κ1) is 16.3. The lowest BCUT2D eigenvalue weighted by atomic mass is 10.2. The average molecular weight is 283 g/mol. The number of guanidine groups is 1. The van der Waals surface area contributed by atoms with Gasteiger partial charge in [-0.1, -0.05) is 19.8 Å². The van der Waals surface area contributed by atoms with Crippen molar-refractivity contribution in [1.29, 1.82) is 0 Å². The van der Waals surface area contributed by atoms with E-state index in [9.17, 15) is 9.59 Å². The van der Waals surface area contributed by atoms with Crippen molar-refractivity contribution in [1.82, 2.24) is 20.9 Å². The number of carbonyl (C=O) groups excluding carboxylic acids is 2. The Hall–Kier alpha value is -1.79. The van der Waals surface area contributed by atoms with E-state index in [-0.39, 0.29) is 18.5 Å². The maximum absolute atomic E-state index is 11.4. The Morgan fingerprint density at radius 3 is 2.70 bits per heavy atom. The summed E-state index contributed by atoms with van der Waals surface area (Å²) in [5, 5.41) is 8.77. The second-order valence-corrected chi connectivity index (χ2v) is 4.60. The third-order valence-electron chi connectivity index (χ3n) is 2.94. The van der Waals surface area contributed by atoms with Crippen LogP contribution >= 0.6 is 0 Å². The lowest BCUT2D eigenvalue weighted by Gasteiger charge is -2.15. The zero-order valence-electron chi connectivity index (χ0n) is 12.4. The van der Waals surface area contributed by atoms with Crippen molar-refractivity contribution in [3.05, 3.63) is 0 Å². The van der Waals surface area contributed by atoms with Crippen LogP contribution in [0, 0.1) is 0 Å². The number of rotatable bonds is 8. The predicted octanol–water partition coefficient (Wildman–Crippen LogP) is 0.284. The van der Waals surface area contributed by atoms with Crippen LogP contribution in [0.25, 0.3) is 0 Å². The molecule has 0 spiro atoms. The minimum absolute atomic E-state index is 0.101. The monoisotopic (exact) mass is 283 g/mol. The molecule has 0 bridgehead atoms. The molecule has 0 unspecified atom stereocenters. The van der Waals surface area contributed by atoms with Gasteiger partial charge in [-0.2, -0.15) is 0 Å². The summed E-state index contributed by atoms with van der Waals surface area (Å²) < 4.78 is 0. The Morgan fingerprint density at radius 1 is 1.30 bits per heavy atom. The number of carbonyl (C=O) groups is 2. The van der Waals surface area contributed by atoms with E-state index in [0.717, 1.165) is 25.5 Å². The van der Waals surface area contributed by atoms with E-state index in [2.05, 4.69) is 27.9 Å². The summed E-state index contributed by atoms with van der Waals surface area (Å²) >= 11 is 0. The molecule has 1 saturated heterocycles. The van der Waals surface area contributed by atoms with Crippen LogP contribution < -0.4 is 16.0 Å². The smallest absolute Gasteiger partial charge is 0.324 e. The molecule has 0 atom stereocenters. The molecule has 1 heterocycles. The van der Waals surface area contributed by atoms with E-state index in [1.165, 1.54) is 17.7 Å². The second kappa shape index (κ2) is 9.17. The Labute approximate surface area is 120 Å². The molecular formula is C13H25N5O2. The zero-order valence-corrected chi connectivity index (χ0v) is 12.4.